The monoisotopic (exact) mass is 366 g/mol. The van der Waals surface area contributed by atoms with E-state index in [0.717, 1.165) is 63.2 Å². The number of unbranched alkanes of at least 4 members (excludes halogenated alkanes) is 2. The predicted octanol–water partition coefficient (Wildman–Crippen LogP) is 3.78. The van der Waals surface area contributed by atoms with Crippen LogP contribution < -0.4 is 5.32 Å². The van der Waals surface area contributed by atoms with Crippen LogP contribution in [0.4, 0.5) is 0 Å². The topological polar surface area (TPSA) is 41.6 Å². The van der Waals surface area contributed by atoms with Crippen LogP contribution in [0.15, 0.2) is 60.7 Å². The van der Waals surface area contributed by atoms with Gasteiger partial charge in [0, 0.05) is 19.5 Å². The van der Waals surface area contributed by atoms with Crippen molar-refractivity contribution in [3.05, 3.63) is 71.8 Å². The van der Waals surface area contributed by atoms with Gasteiger partial charge in [0.15, 0.2) is 0 Å². The maximum atomic E-state index is 12.5. The number of nitrogens with one attached hydrogen (secondary N) is 1. The second-order valence-corrected chi connectivity index (χ2v) is 7.09. The molecule has 1 amide bonds. The molecule has 144 valence electrons. The Morgan fingerprint density at radius 2 is 1.48 bits per heavy atom. The fourth-order valence-electron chi connectivity index (χ4n) is 3.51. The van der Waals surface area contributed by atoms with Crippen LogP contribution in [0, 0.1) is 0 Å². The van der Waals surface area contributed by atoms with Crippen molar-refractivity contribution < 1.29 is 9.53 Å². The zero-order valence-electron chi connectivity index (χ0n) is 16.0. The summed E-state index contributed by atoms with van der Waals surface area (Å²) in [5, 5.41) is 3.22. The summed E-state index contributed by atoms with van der Waals surface area (Å²) in [5.74, 6) is 0.124. The first kappa shape index (κ1) is 19.6. The van der Waals surface area contributed by atoms with E-state index in [2.05, 4.69) is 34.5 Å². The lowest BCUT2D eigenvalue weighted by Crippen LogP contribution is -2.36. The van der Waals surface area contributed by atoms with Gasteiger partial charge < -0.3 is 10.1 Å². The van der Waals surface area contributed by atoms with Gasteiger partial charge in [0.2, 0.25) is 5.91 Å². The van der Waals surface area contributed by atoms with Crippen molar-refractivity contribution in [3.8, 4) is 0 Å². The lowest BCUT2D eigenvalue weighted by Gasteiger charge is -2.26. The van der Waals surface area contributed by atoms with Gasteiger partial charge >= 0.3 is 0 Å². The molecule has 0 unspecified atom stereocenters. The third-order valence-electron chi connectivity index (χ3n) is 5.05. The highest BCUT2D eigenvalue weighted by Gasteiger charge is 2.16. The number of hydrogen-bond acceptors (Lipinski definition) is 3. The molecule has 4 nitrogen and oxygen atoms in total. The number of carbonyl (C=O) groups excluding carboxylic acids is 1. The second kappa shape index (κ2) is 10.9. The van der Waals surface area contributed by atoms with Gasteiger partial charge in [0.05, 0.1) is 19.3 Å². The van der Waals surface area contributed by atoms with E-state index in [0.29, 0.717) is 6.42 Å². The Morgan fingerprint density at radius 3 is 2.07 bits per heavy atom. The molecule has 0 aliphatic carbocycles. The van der Waals surface area contributed by atoms with E-state index in [1.165, 1.54) is 0 Å². The standard InChI is InChI=1S/C23H30N2O2/c26-22(14-8-3-9-15-25-16-18-27-19-17-25)24-23(20-10-4-1-5-11-20)21-12-6-2-7-13-21/h1-2,4-7,10-13,23H,3,8-9,14-19H2,(H,24,26). The Bertz CT molecular complexity index is 630. The maximum Gasteiger partial charge on any atom is 0.220 e. The van der Waals surface area contributed by atoms with Crippen LogP contribution in [0.25, 0.3) is 0 Å². The third-order valence-corrected chi connectivity index (χ3v) is 5.05. The van der Waals surface area contributed by atoms with Crippen molar-refractivity contribution in [2.24, 2.45) is 0 Å². The number of rotatable bonds is 9. The number of benzene rings is 2. The minimum atomic E-state index is -0.0896. The van der Waals surface area contributed by atoms with E-state index in [4.69, 9.17) is 4.74 Å². The van der Waals surface area contributed by atoms with E-state index in [9.17, 15) is 4.79 Å². The molecule has 0 aromatic heterocycles. The summed E-state index contributed by atoms with van der Waals surface area (Å²) in [4.78, 5) is 15.0. The molecule has 1 heterocycles. The molecule has 0 radical (unpaired) electrons. The second-order valence-electron chi connectivity index (χ2n) is 7.09. The highest BCUT2D eigenvalue weighted by Crippen LogP contribution is 2.22. The van der Waals surface area contributed by atoms with Gasteiger partial charge in [0.25, 0.3) is 0 Å². The molecule has 2 aromatic carbocycles. The van der Waals surface area contributed by atoms with E-state index in [1.54, 1.807) is 0 Å². The molecule has 0 saturated carbocycles. The Balaban J connectivity index is 1.45. The fraction of sp³-hybridized carbons (Fsp3) is 0.435. The number of morpholine rings is 1. The lowest BCUT2D eigenvalue weighted by molar-refractivity contribution is -0.121. The molecule has 1 saturated heterocycles. The molecule has 1 aliphatic rings. The van der Waals surface area contributed by atoms with E-state index >= 15 is 0 Å². The highest BCUT2D eigenvalue weighted by atomic mass is 16.5. The lowest BCUT2D eigenvalue weighted by atomic mass is 9.98. The Hall–Kier alpha value is -2.17. The van der Waals surface area contributed by atoms with Crippen LogP contribution >= 0.6 is 0 Å². The fourth-order valence-corrected chi connectivity index (χ4v) is 3.51. The first-order chi connectivity index (χ1) is 13.3. The summed E-state index contributed by atoms with van der Waals surface area (Å²) >= 11 is 0. The smallest absolute Gasteiger partial charge is 0.220 e. The Morgan fingerprint density at radius 1 is 0.889 bits per heavy atom. The van der Waals surface area contributed by atoms with Gasteiger partial charge in [-0.05, 0) is 30.5 Å². The van der Waals surface area contributed by atoms with Crippen LogP contribution in [0.2, 0.25) is 0 Å². The van der Waals surface area contributed by atoms with Gasteiger partial charge in [-0.15, -0.1) is 0 Å². The van der Waals surface area contributed by atoms with Crippen molar-refractivity contribution in [3.63, 3.8) is 0 Å². The molecule has 0 spiro atoms. The minimum absolute atomic E-state index is 0.0896. The van der Waals surface area contributed by atoms with Crippen LogP contribution in [0.5, 0.6) is 0 Å². The quantitative estimate of drug-likeness (QED) is 0.687. The Kier molecular flexibility index (Phi) is 7.87. The number of ether oxygens (including phenoxy) is 1. The molecule has 0 atom stereocenters. The summed E-state index contributed by atoms with van der Waals surface area (Å²) in [6, 6.07) is 20.3. The number of hydrogen-bond donors (Lipinski definition) is 1. The molecular weight excluding hydrogens is 336 g/mol. The average Bonchev–Trinajstić information content (AvgIpc) is 2.74. The largest absolute Gasteiger partial charge is 0.379 e. The number of nitrogens with zero attached hydrogens (tertiary/aromatic N) is 1. The zero-order chi connectivity index (χ0) is 18.7. The van der Waals surface area contributed by atoms with E-state index in [1.807, 2.05) is 36.4 Å². The summed E-state index contributed by atoms with van der Waals surface area (Å²) in [6.07, 6.45) is 3.76. The van der Waals surface area contributed by atoms with Gasteiger partial charge in [-0.2, -0.15) is 0 Å². The number of amides is 1. The van der Waals surface area contributed by atoms with Crippen molar-refractivity contribution >= 4 is 5.91 Å². The molecule has 1 N–H and O–H groups in total. The molecular formula is C23H30N2O2. The van der Waals surface area contributed by atoms with Crippen molar-refractivity contribution in [1.82, 2.24) is 10.2 Å². The maximum absolute atomic E-state index is 12.5. The van der Waals surface area contributed by atoms with Crippen LogP contribution in [0.3, 0.4) is 0 Å². The minimum Gasteiger partial charge on any atom is -0.379 e. The Labute approximate surface area is 162 Å². The number of carbonyl (C=O) groups is 1. The molecule has 4 heteroatoms. The predicted molar refractivity (Wildman–Crippen MR) is 109 cm³/mol. The average molecular weight is 367 g/mol. The van der Waals surface area contributed by atoms with Crippen LogP contribution in [-0.4, -0.2) is 43.7 Å². The molecule has 1 aliphatic heterocycles. The third kappa shape index (κ3) is 6.49. The van der Waals surface area contributed by atoms with Crippen LogP contribution in [-0.2, 0) is 9.53 Å². The van der Waals surface area contributed by atoms with Gasteiger partial charge in [-0.1, -0.05) is 67.1 Å². The molecule has 1 fully saturated rings. The van der Waals surface area contributed by atoms with Crippen LogP contribution in [0.1, 0.15) is 42.9 Å². The highest BCUT2D eigenvalue weighted by molar-refractivity contribution is 5.77. The SMILES string of the molecule is O=C(CCCCCN1CCOCC1)NC(c1ccccc1)c1ccccc1. The first-order valence-electron chi connectivity index (χ1n) is 10.0. The van der Waals surface area contributed by atoms with Gasteiger partial charge in [0.1, 0.15) is 0 Å². The van der Waals surface area contributed by atoms with E-state index in [-0.39, 0.29) is 11.9 Å². The van der Waals surface area contributed by atoms with Crippen molar-refractivity contribution in [2.75, 3.05) is 32.8 Å². The summed E-state index contributed by atoms with van der Waals surface area (Å²) < 4.78 is 5.37. The summed E-state index contributed by atoms with van der Waals surface area (Å²) in [7, 11) is 0. The normalized spacial score (nSPS) is 15.0. The molecule has 2 aromatic rings. The summed E-state index contributed by atoms with van der Waals surface area (Å²) in [5.41, 5.74) is 2.23. The molecule has 3 rings (SSSR count). The zero-order valence-corrected chi connectivity index (χ0v) is 16.0. The van der Waals surface area contributed by atoms with Crippen molar-refractivity contribution in [2.45, 2.75) is 31.7 Å². The van der Waals surface area contributed by atoms with Gasteiger partial charge in [-0.3, -0.25) is 9.69 Å². The van der Waals surface area contributed by atoms with Crippen molar-refractivity contribution in [1.29, 1.82) is 0 Å². The molecule has 0 bridgehead atoms. The summed E-state index contributed by atoms with van der Waals surface area (Å²) in [6.45, 7) is 4.89. The van der Waals surface area contributed by atoms with E-state index < -0.39 is 0 Å². The molecule has 27 heavy (non-hydrogen) atoms. The van der Waals surface area contributed by atoms with Gasteiger partial charge in [-0.25, -0.2) is 0 Å². The first-order valence-corrected chi connectivity index (χ1v) is 10.0.